The van der Waals surface area contributed by atoms with Crippen LogP contribution in [0.25, 0.3) is 11.1 Å². The number of halogens is 2. The summed E-state index contributed by atoms with van der Waals surface area (Å²) in [5, 5.41) is 18.0. The van der Waals surface area contributed by atoms with E-state index in [9.17, 15) is 0 Å². The smallest absolute Gasteiger partial charge is 0.222 e. The predicted octanol–water partition coefficient (Wildman–Crippen LogP) is -5.59. The summed E-state index contributed by atoms with van der Waals surface area (Å²) in [4.78, 5) is 0. The highest BCUT2D eigenvalue weighted by atomic mass is 35.5. The molecule has 0 fully saturated rings. The molecular formula is C10H10Cl2N2O2. The summed E-state index contributed by atoms with van der Waals surface area (Å²) >= 11 is 0. The maximum Gasteiger partial charge on any atom is 0.222 e. The molecule has 0 saturated heterocycles. The van der Waals surface area contributed by atoms with Gasteiger partial charge in [0.15, 0.2) is 0 Å². The number of aromatic nitrogens is 2. The van der Waals surface area contributed by atoms with Crippen molar-refractivity contribution in [3.63, 3.8) is 0 Å². The highest BCUT2D eigenvalue weighted by Crippen LogP contribution is 2.14. The molecule has 0 aliphatic carbocycles. The third kappa shape index (κ3) is 3.25. The fraction of sp³-hybridized carbons (Fsp3) is 0. The average Bonchev–Trinajstić information content (AvgIpc) is 2.21. The van der Waals surface area contributed by atoms with Gasteiger partial charge in [-0.3, -0.25) is 10.4 Å². The van der Waals surface area contributed by atoms with Crippen LogP contribution in [-0.4, -0.2) is 10.4 Å². The van der Waals surface area contributed by atoms with Gasteiger partial charge in [-0.2, -0.15) is 0 Å². The van der Waals surface area contributed by atoms with Gasteiger partial charge in [-0.25, -0.2) is 0 Å². The standard InChI is InChI=1S/C10H10N2O2.2ClH/c13-11-5-1-9(2-6-11)10-3-7-12(14)8-4-10;;/h1-8,13-14H;2*1H/q+2;;/p-2. The molecule has 4 nitrogen and oxygen atoms in total. The molecule has 0 spiro atoms. The summed E-state index contributed by atoms with van der Waals surface area (Å²) in [6.07, 6.45) is 6.20. The van der Waals surface area contributed by atoms with Crippen LogP contribution < -0.4 is 34.3 Å². The Bertz CT molecular complexity index is 388. The molecule has 2 aromatic rings. The maximum absolute atomic E-state index is 9.02. The molecule has 2 heterocycles. The Labute approximate surface area is 105 Å². The van der Waals surface area contributed by atoms with Crippen molar-refractivity contribution < 1.29 is 44.7 Å². The van der Waals surface area contributed by atoms with E-state index < -0.39 is 0 Å². The van der Waals surface area contributed by atoms with Crippen LogP contribution in [0, 0.1) is 0 Å². The van der Waals surface area contributed by atoms with Crippen molar-refractivity contribution in [3.8, 4) is 11.1 Å². The Hall–Kier alpha value is -1.52. The molecule has 16 heavy (non-hydrogen) atoms. The lowest BCUT2D eigenvalue weighted by molar-refractivity contribution is -0.905. The van der Waals surface area contributed by atoms with Crippen molar-refractivity contribution in [1.82, 2.24) is 0 Å². The van der Waals surface area contributed by atoms with Gasteiger partial charge < -0.3 is 24.8 Å². The molecule has 0 saturated carbocycles. The van der Waals surface area contributed by atoms with Crippen LogP contribution in [0.5, 0.6) is 0 Å². The molecule has 0 atom stereocenters. The van der Waals surface area contributed by atoms with E-state index in [1.807, 2.05) is 0 Å². The quantitative estimate of drug-likeness (QED) is 0.397. The first kappa shape index (κ1) is 14.5. The molecule has 0 aliphatic heterocycles. The largest absolute Gasteiger partial charge is 1.00 e. The van der Waals surface area contributed by atoms with E-state index in [2.05, 4.69) is 0 Å². The zero-order valence-electron chi connectivity index (χ0n) is 8.16. The summed E-state index contributed by atoms with van der Waals surface area (Å²) in [7, 11) is 0. The van der Waals surface area contributed by atoms with Crippen LogP contribution in [0.1, 0.15) is 0 Å². The minimum Gasteiger partial charge on any atom is -1.00 e. The highest BCUT2D eigenvalue weighted by Gasteiger charge is 2.03. The number of nitrogens with zero attached hydrogens (tertiary/aromatic N) is 2. The first-order valence-electron chi connectivity index (χ1n) is 4.17. The molecule has 2 aromatic heterocycles. The lowest BCUT2D eigenvalue weighted by atomic mass is 10.1. The minimum absolute atomic E-state index is 0. The SMILES string of the molecule is O[n+]1ccc(-c2cc[n+](O)cc2)cc1.[Cl-].[Cl-]. The van der Waals surface area contributed by atoms with Crippen molar-refractivity contribution in [2.45, 2.75) is 0 Å². The van der Waals surface area contributed by atoms with Gasteiger partial charge >= 0.3 is 0 Å². The number of hydrogen-bond acceptors (Lipinski definition) is 2. The van der Waals surface area contributed by atoms with Crippen LogP contribution in [0.2, 0.25) is 0 Å². The Morgan fingerprint density at radius 3 is 1.12 bits per heavy atom. The van der Waals surface area contributed by atoms with Crippen molar-refractivity contribution in [1.29, 1.82) is 0 Å². The molecule has 0 aromatic carbocycles. The molecule has 2 N–H and O–H groups in total. The first-order chi connectivity index (χ1) is 6.75. The highest BCUT2D eigenvalue weighted by molar-refractivity contribution is 5.60. The number of hydrogen-bond donors (Lipinski definition) is 2. The minimum atomic E-state index is 0. The van der Waals surface area contributed by atoms with Crippen LogP contribution in [-0.2, 0) is 0 Å². The summed E-state index contributed by atoms with van der Waals surface area (Å²) in [5.41, 5.74) is 1.96. The normalized spacial score (nSPS) is 8.75. The van der Waals surface area contributed by atoms with Crippen molar-refractivity contribution >= 4 is 0 Å². The number of pyridine rings is 2. The molecule has 0 radical (unpaired) electrons. The van der Waals surface area contributed by atoms with Gasteiger partial charge in [0.2, 0.25) is 24.8 Å². The zero-order chi connectivity index (χ0) is 9.97. The first-order valence-corrected chi connectivity index (χ1v) is 4.17. The average molecular weight is 261 g/mol. The molecule has 86 valence electrons. The number of rotatable bonds is 1. The van der Waals surface area contributed by atoms with Crippen LogP contribution in [0.15, 0.2) is 49.1 Å². The van der Waals surface area contributed by atoms with Gasteiger partial charge in [-0.15, -0.1) is 0 Å². The van der Waals surface area contributed by atoms with Gasteiger partial charge in [0.1, 0.15) is 0 Å². The van der Waals surface area contributed by atoms with E-state index in [1.165, 1.54) is 0 Å². The zero-order valence-corrected chi connectivity index (χ0v) is 9.68. The fourth-order valence-corrected chi connectivity index (χ4v) is 1.22. The van der Waals surface area contributed by atoms with Gasteiger partial charge in [0.05, 0.1) is 0 Å². The van der Waals surface area contributed by atoms with Gasteiger partial charge in [-0.05, 0) is 11.1 Å². The molecule has 0 unspecified atom stereocenters. The van der Waals surface area contributed by atoms with Crippen LogP contribution in [0.3, 0.4) is 0 Å². The van der Waals surface area contributed by atoms with Crippen molar-refractivity contribution in [3.05, 3.63) is 49.1 Å². The van der Waals surface area contributed by atoms with E-state index in [0.29, 0.717) is 0 Å². The van der Waals surface area contributed by atoms with Crippen LogP contribution >= 0.6 is 0 Å². The second-order valence-electron chi connectivity index (χ2n) is 2.93. The Kier molecular flexibility index (Phi) is 5.56. The van der Waals surface area contributed by atoms with Crippen LogP contribution in [0.4, 0.5) is 0 Å². The van der Waals surface area contributed by atoms with Gasteiger partial charge in [-0.1, -0.05) is 0 Å². The molecule has 0 amide bonds. The lowest BCUT2D eigenvalue weighted by Gasteiger charge is -1.95. The second-order valence-corrected chi connectivity index (χ2v) is 2.93. The summed E-state index contributed by atoms with van der Waals surface area (Å²) in [5.74, 6) is 0. The van der Waals surface area contributed by atoms with Crippen molar-refractivity contribution in [2.75, 3.05) is 0 Å². The molecular weight excluding hydrogens is 251 g/mol. The van der Waals surface area contributed by atoms with E-state index >= 15 is 0 Å². The Morgan fingerprint density at radius 1 is 0.625 bits per heavy atom. The molecule has 0 aliphatic rings. The fourth-order valence-electron chi connectivity index (χ4n) is 1.22. The predicted molar refractivity (Wildman–Crippen MR) is 46.6 cm³/mol. The van der Waals surface area contributed by atoms with E-state index in [4.69, 9.17) is 10.4 Å². The van der Waals surface area contributed by atoms with Gasteiger partial charge in [0, 0.05) is 33.7 Å². The molecule has 2 rings (SSSR count). The molecule has 6 heteroatoms. The summed E-state index contributed by atoms with van der Waals surface area (Å²) < 4.78 is 1.97. The third-order valence-electron chi connectivity index (χ3n) is 1.96. The maximum atomic E-state index is 9.02. The van der Waals surface area contributed by atoms with E-state index in [0.717, 1.165) is 20.6 Å². The van der Waals surface area contributed by atoms with E-state index in [1.54, 1.807) is 49.1 Å². The van der Waals surface area contributed by atoms with Crippen molar-refractivity contribution in [2.24, 2.45) is 0 Å². The third-order valence-corrected chi connectivity index (χ3v) is 1.96. The van der Waals surface area contributed by atoms with Gasteiger partial charge in [0.25, 0.3) is 0 Å². The molecule has 0 bridgehead atoms. The lowest BCUT2D eigenvalue weighted by Crippen LogP contribution is -3.00. The Balaban J connectivity index is 0.00000112. The van der Waals surface area contributed by atoms with E-state index in [-0.39, 0.29) is 24.8 Å². The summed E-state index contributed by atoms with van der Waals surface area (Å²) in [6.45, 7) is 0. The monoisotopic (exact) mass is 260 g/mol. The second kappa shape index (κ2) is 6.15. The topological polar surface area (TPSA) is 48.2 Å². The summed E-state index contributed by atoms with van der Waals surface area (Å²) in [6, 6.07) is 7.15. The Morgan fingerprint density at radius 2 is 0.875 bits per heavy atom.